The third kappa shape index (κ3) is 1.69. The summed E-state index contributed by atoms with van der Waals surface area (Å²) in [5.41, 5.74) is 0. The molecule has 0 aliphatic carbocycles. The third-order valence-corrected chi connectivity index (χ3v) is 2.10. The van der Waals surface area contributed by atoms with Crippen molar-refractivity contribution in [3.8, 4) is 0 Å². The molecule has 1 fully saturated rings. The normalized spacial score (nSPS) is 45.8. The van der Waals surface area contributed by atoms with E-state index in [0.29, 0.717) is 6.54 Å². The molecule has 0 unspecified atom stereocenters. The Labute approximate surface area is 64.3 Å². The van der Waals surface area contributed by atoms with Crippen molar-refractivity contribution in [1.82, 2.24) is 0 Å². The van der Waals surface area contributed by atoms with Crippen LogP contribution in [0.3, 0.4) is 0 Å². The molecule has 1 rings (SSSR count). The lowest BCUT2D eigenvalue weighted by Gasteiger charge is -2.31. The van der Waals surface area contributed by atoms with E-state index in [-0.39, 0.29) is 12.5 Å². The Balaban J connectivity index is 2.52. The van der Waals surface area contributed by atoms with E-state index < -0.39 is 18.4 Å². The van der Waals surface area contributed by atoms with E-state index in [1.54, 1.807) is 0 Å². The van der Waals surface area contributed by atoms with Crippen molar-refractivity contribution in [2.45, 2.75) is 18.4 Å². The summed E-state index contributed by atoms with van der Waals surface area (Å²) in [4.78, 5) is 0. The lowest BCUT2D eigenvalue weighted by Crippen LogP contribution is -2.97. The number of piperidine rings is 1. The van der Waals surface area contributed by atoms with Crippen molar-refractivity contribution in [2.24, 2.45) is 5.92 Å². The first-order chi connectivity index (χ1) is 5.16. The third-order valence-electron chi connectivity index (χ3n) is 2.10. The van der Waals surface area contributed by atoms with Crippen molar-refractivity contribution in [3.63, 3.8) is 0 Å². The molecule has 1 aliphatic rings. The zero-order valence-corrected chi connectivity index (χ0v) is 6.09. The van der Waals surface area contributed by atoms with E-state index in [9.17, 15) is 5.11 Å². The molecular formula is C6H14NO4+. The fraction of sp³-hybridized carbons (Fsp3) is 1.00. The predicted octanol–water partition coefficient (Wildman–Crippen LogP) is -3.79. The molecule has 0 bridgehead atoms. The molecule has 5 nitrogen and oxygen atoms in total. The van der Waals surface area contributed by atoms with E-state index in [1.807, 2.05) is 0 Å². The van der Waals surface area contributed by atoms with Crippen molar-refractivity contribution < 1.29 is 25.7 Å². The molecule has 0 aromatic rings. The van der Waals surface area contributed by atoms with Crippen LogP contribution in [0.1, 0.15) is 0 Å². The summed E-state index contributed by atoms with van der Waals surface area (Å²) in [5.74, 6) is -0.339. The van der Waals surface area contributed by atoms with Crippen LogP contribution in [0.5, 0.6) is 0 Å². The summed E-state index contributed by atoms with van der Waals surface area (Å²) in [6.07, 6.45) is -3.13. The zero-order valence-electron chi connectivity index (χ0n) is 6.09. The van der Waals surface area contributed by atoms with Gasteiger partial charge in [0.25, 0.3) is 0 Å². The first-order valence-corrected chi connectivity index (χ1v) is 3.65. The lowest BCUT2D eigenvalue weighted by atomic mass is 9.94. The molecule has 0 saturated carbocycles. The maximum Gasteiger partial charge on any atom is 0.216 e. The van der Waals surface area contributed by atoms with Crippen LogP contribution in [0.25, 0.3) is 0 Å². The van der Waals surface area contributed by atoms with Gasteiger partial charge in [0, 0.05) is 0 Å². The van der Waals surface area contributed by atoms with E-state index in [1.165, 1.54) is 5.32 Å². The van der Waals surface area contributed by atoms with Gasteiger partial charge in [0.15, 0.2) is 6.10 Å². The summed E-state index contributed by atoms with van der Waals surface area (Å²) in [6.45, 7) is 0.275. The van der Waals surface area contributed by atoms with Gasteiger partial charge in [0.2, 0.25) is 6.23 Å². The summed E-state index contributed by atoms with van der Waals surface area (Å²) in [5, 5.41) is 37.5. The van der Waals surface area contributed by atoms with Gasteiger partial charge in [-0.25, -0.2) is 0 Å². The number of hydrogen-bond donors (Lipinski definition) is 5. The standard InChI is InChI=1S/C6H13NO4/c8-2-3-1-7-6(11)5(10)4(3)9/h3-11H,1-2H2/p+1/t3-,4-,5+,6+/m1/s1. The molecule has 0 spiro atoms. The van der Waals surface area contributed by atoms with Crippen molar-refractivity contribution in [2.75, 3.05) is 13.2 Å². The van der Waals surface area contributed by atoms with Gasteiger partial charge in [-0.05, 0) is 0 Å². The van der Waals surface area contributed by atoms with Gasteiger partial charge in [-0.1, -0.05) is 0 Å². The maximum absolute atomic E-state index is 9.22. The molecule has 5 heteroatoms. The Morgan fingerprint density at radius 3 is 2.36 bits per heavy atom. The van der Waals surface area contributed by atoms with Gasteiger partial charge < -0.3 is 25.7 Å². The number of rotatable bonds is 1. The molecule has 1 heterocycles. The molecule has 6 N–H and O–H groups in total. The second kappa shape index (κ2) is 3.46. The highest BCUT2D eigenvalue weighted by Gasteiger charge is 2.38. The van der Waals surface area contributed by atoms with Crippen molar-refractivity contribution in [3.05, 3.63) is 0 Å². The van der Waals surface area contributed by atoms with Crippen molar-refractivity contribution >= 4 is 0 Å². The highest BCUT2D eigenvalue weighted by Crippen LogP contribution is 2.09. The highest BCUT2D eigenvalue weighted by atomic mass is 16.4. The van der Waals surface area contributed by atoms with E-state index >= 15 is 0 Å². The number of quaternary nitrogens is 1. The van der Waals surface area contributed by atoms with E-state index in [0.717, 1.165) is 0 Å². The van der Waals surface area contributed by atoms with Crippen LogP contribution in [0.15, 0.2) is 0 Å². The Morgan fingerprint density at radius 1 is 1.18 bits per heavy atom. The maximum atomic E-state index is 9.22. The van der Waals surface area contributed by atoms with Gasteiger partial charge in [-0.3, -0.25) is 0 Å². The molecule has 66 valence electrons. The summed E-state index contributed by atoms with van der Waals surface area (Å²) in [6, 6.07) is 0. The minimum atomic E-state index is -1.15. The monoisotopic (exact) mass is 164 g/mol. The number of hydrogen-bond acceptors (Lipinski definition) is 4. The van der Waals surface area contributed by atoms with Gasteiger partial charge >= 0.3 is 0 Å². The molecular weight excluding hydrogens is 150 g/mol. The van der Waals surface area contributed by atoms with Gasteiger partial charge in [-0.2, -0.15) is 0 Å². The van der Waals surface area contributed by atoms with Crippen LogP contribution >= 0.6 is 0 Å². The summed E-state index contributed by atoms with van der Waals surface area (Å²) in [7, 11) is 0. The summed E-state index contributed by atoms with van der Waals surface area (Å²) >= 11 is 0. The number of aliphatic hydroxyl groups is 4. The molecule has 1 aliphatic heterocycles. The largest absolute Gasteiger partial charge is 0.396 e. The fourth-order valence-corrected chi connectivity index (χ4v) is 1.26. The Kier molecular flexibility index (Phi) is 2.80. The molecule has 11 heavy (non-hydrogen) atoms. The second-order valence-electron chi connectivity index (χ2n) is 2.89. The average molecular weight is 164 g/mol. The van der Waals surface area contributed by atoms with E-state index in [2.05, 4.69) is 0 Å². The van der Waals surface area contributed by atoms with Crippen LogP contribution in [-0.4, -0.2) is 52.0 Å². The Morgan fingerprint density at radius 2 is 1.82 bits per heavy atom. The summed E-state index contributed by atoms with van der Waals surface area (Å²) < 4.78 is 0. The van der Waals surface area contributed by atoms with Crippen LogP contribution in [0.2, 0.25) is 0 Å². The molecule has 0 aromatic carbocycles. The van der Waals surface area contributed by atoms with Gasteiger partial charge in [0.05, 0.1) is 25.2 Å². The van der Waals surface area contributed by atoms with E-state index in [4.69, 9.17) is 15.3 Å². The first kappa shape index (κ1) is 8.89. The average Bonchev–Trinajstić information content (AvgIpc) is 2.01. The predicted molar refractivity (Wildman–Crippen MR) is 35.4 cm³/mol. The SMILES string of the molecule is OC[C@H]1C[NH2+][C@@H](O)[C@@H](O)[C@@H]1O. The molecule has 4 atom stereocenters. The topological polar surface area (TPSA) is 97.5 Å². The molecule has 0 amide bonds. The molecule has 1 saturated heterocycles. The van der Waals surface area contributed by atoms with Gasteiger partial charge in [0.1, 0.15) is 0 Å². The minimum absolute atomic E-state index is 0.165. The molecule has 0 radical (unpaired) electrons. The smallest absolute Gasteiger partial charge is 0.216 e. The number of nitrogens with two attached hydrogens (primary N) is 1. The van der Waals surface area contributed by atoms with Crippen LogP contribution in [-0.2, 0) is 0 Å². The fourth-order valence-electron chi connectivity index (χ4n) is 1.26. The zero-order chi connectivity index (χ0) is 8.43. The van der Waals surface area contributed by atoms with Gasteiger partial charge in [-0.15, -0.1) is 0 Å². The van der Waals surface area contributed by atoms with Crippen LogP contribution in [0.4, 0.5) is 0 Å². The van der Waals surface area contributed by atoms with Crippen molar-refractivity contribution in [1.29, 1.82) is 0 Å². The number of aliphatic hydroxyl groups excluding tert-OH is 4. The molecule has 0 aromatic heterocycles. The van der Waals surface area contributed by atoms with Crippen LogP contribution < -0.4 is 5.32 Å². The highest BCUT2D eigenvalue weighted by molar-refractivity contribution is 4.78. The Bertz CT molecular complexity index is 130. The first-order valence-electron chi connectivity index (χ1n) is 3.65. The lowest BCUT2D eigenvalue weighted by molar-refractivity contribution is -0.749. The quantitative estimate of drug-likeness (QED) is 0.275. The Hall–Kier alpha value is -0.200. The minimum Gasteiger partial charge on any atom is -0.396 e. The van der Waals surface area contributed by atoms with Crippen LogP contribution in [0, 0.1) is 5.92 Å². The second-order valence-corrected chi connectivity index (χ2v) is 2.89.